The summed E-state index contributed by atoms with van der Waals surface area (Å²) in [5.74, 6) is 0. The molecule has 2 rings (SSSR count). The van der Waals surface area contributed by atoms with E-state index in [0.29, 0.717) is 6.42 Å². The second-order valence-electron chi connectivity index (χ2n) is 4.46. The Morgan fingerprint density at radius 3 is 2.44 bits per heavy atom. The zero-order chi connectivity index (χ0) is 11.8. The summed E-state index contributed by atoms with van der Waals surface area (Å²) in [6.07, 6.45) is 2.25. The van der Waals surface area contributed by atoms with Gasteiger partial charge in [-0.05, 0) is 30.4 Å². The Morgan fingerprint density at radius 2 is 1.81 bits per heavy atom. The van der Waals surface area contributed by atoms with Gasteiger partial charge in [0.25, 0.3) is 0 Å². The number of hydrogen-bond acceptors (Lipinski definition) is 2. The first-order valence-electron chi connectivity index (χ1n) is 5.50. The molecule has 0 aromatic heterocycles. The first-order valence-corrected chi connectivity index (χ1v) is 7.00. The first-order chi connectivity index (χ1) is 7.51. The Balaban J connectivity index is 2.27. The molecule has 4 heteroatoms. The van der Waals surface area contributed by atoms with E-state index in [9.17, 15) is 8.42 Å². The van der Waals surface area contributed by atoms with Crippen molar-refractivity contribution in [1.82, 2.24) is 4.31 Å². The summed E-state index contributed by atoms with van der Waals surface area (Å²) in [5.41, 5.74) is 2.48. The molecule has 16 heavy (non-hydrogen) atoms. The summed E-state index contributed by atoms with van der Waals surface area (Å²) in [4.78, 5) is 0. The van der Waals surface area contributed by atoms with Crippen molar-refractivity contribution in [3.8, 4) is 0 Å². The lowest BCUT2D eigenvalue weighted by Crippen LogP contribution is -2.37. The highest BCUT2D eigenvalue weighted by molar-refractivity contribution is 7.89. The molecule has 0 aliphatic heterocycles. The summed E-state index contributed by atoms with van der Waals surface area (Å²) >= 11 is 0. The number of benzene rings is 1. The maximum atomic E-state index is 12.0. The van der Waals surface area contributed by atoms with Crippen LogP contribution >= 0.6 is 0 Å². The Morgan fingerprint density at radius 1 is 1.19 bits per heavy atom. The van der Waals surface area contributed by atoms with Crippen molar-refractivity contribution in [2.75, 3.05) is 14.1 Å². The minimum atomic E-state index is -3.11. The van der Waals surface area contributed by atoms with E-state index in [1.54, 1.807) is 14.1 Å². The number of hydrogen-bond donors (Lipinski definition) is 0. The highest BCUT2D eigenvalue weighted by Crippen LogP contribution is 2.26. The van der Waals surface area contributed by atoms with Gasteiger partial charge in [-0.15, -0.1) is 0 Å². The van der Waals surface area contributed by atoms with Crippen LogP contribution < -0.4 is 0 Å². The van der Waals surface area contributed by atoms with Crippen LogP contribution in [0.2, 0.25) is 0 Å². The molecule has 1 aliphatic rings. The van der Waals surface area contributed by atoms with Crippen molar-refractivity contribution in [2.45, 2.75) is 24.5 Å². The van der Waals surface area contributed by atoms with E-state index < -0.39 is 10.0 Å². The predicted octanol–water partition coefficient (Wildman–Crippen LogP) is 1.44. The summed E-state index contributed by atoms with van der Waals surface area (Å²) < 4.78 is 25.4. The second kappa shape index (κ2) is 4.18. The first kappa shape index (κ1) is 11.6. The van der Waals surface area contributed by atoms with Crippen molar-refractivity contribution in [3.05, 3.63) is 35.4 Å². The van der Waals surface area contributed by atoms with Crippen LogP contribution in [0, 0.1) is 0 Å². The third-order valence-electron chi connectivity index (χ3n) is 3.23. The van der Waals surface area contributed by atoms with Crippen LogP contribution in [-0.4, -0.2) is 32.1 Å². The van der Waals surface area contributed by atoms with Crippen LogP contribution in [0.4, 0.5) is 0 Å². The minimum absolute atomic E-state index is 0.252. The van der Waals surface area contributed by atoms with Gasteiger partial charge in [0.1, 0.15) is 0 Å². The largest absolute Gasteiger partial charge is 0.216 e. The van der Waals surface area contributed by atoms with Crippen LogP contribution in [0.15, 0.2) is 24.3 Å². The van der Waals surface area contributed by atoms with E-state index in [1.165, 1.54) is 15.4 Å². The summed E-state index contributed by atoms with van der Waals surface area (Å²) in [5, 5.41) is -0.252. The molecule has 0 radical (unpaired) electrons. The lowest BCUT2D eigenvalue weighted by Gasteiger charge is -2.26. The lowest BCUT2D eigenvalue weighted by atomic mass is 9.92. The van der Waals surface area contributed by atoms with Gasteiger partial charge in [-0.1, -0.05) is 24.3 Å². The highest BCUT2D eigenvalue weighted by atomic mass is 32.2. The topological polar surface area (TPSA) is 37.4 Å². The van der Waals surface area contributed by atoms with Gasteiger partial charge in [-0.3, -0.25) is 0 Å². The molecule has 3 nitrogen and oxygen atoms in total. The number of rotatable bonds is 2. The minimum Gasteiger partial charge on any atom is -0.212 e. The number of nitrogens with zero attached hydrogens (tertiary/aromatic N) is 1. The Bertz CT molecular complexity index is 480. The molecule has 1 aliphatic carbocycles. The molecule has 0 spiro atoms. The zero-order valence-corrected chi connectivity index (χ0v) is 10.5. The van der Waals surface area contributed by atoms with E-state index >= 15 is 0 Å². The van der Waals surface area contributed by atoms with Crippen LogP contribution in [0.1, 0.15) is 17.5 Å². The molecule has 0 fully saturated rings. The standard InChI is InChI=1S/C12H17NO2S/c1-13(2)16(14,15)12-8-7-10-5-3-4-6-11(10)9-12/h3-6,12H,7-9H2,1-2H3. The summed E-state index contributed by atoms with van der Waals surface area (Å²) in [6, 6.07) is 8.11. The van der Waals surface area contributed by atoms with Crippen molar-refractivity contribution in [3.63, 3.8) is 0 Å². The maximum Gasteiger partial charge on any atom is 0.216 e. The number of sulfonamides is 1. The van der Waals surface area contributed by atoms with Gasteiger partial charge in [0.05, 0.1) is 5.25 Å². The third-order valence-corrected chi connectivity index (χ3v) is 5.49. The van der Waals surface area contributed by atoms with Gasteiger partial charge in [0.15, 0.2) is 0 Å². The number of aryl methyl sites for hydroxylation is 1. The third kappa shape index (κ3) is 1.99. The fraction of sp³-hybridized carbons (Fsp3) is 0.500. The molecular weight excluding hydrogens is 222 g/mol. The van der Waals surface area contributed by atoms with Gasteiger partial charge in [-0.25, -0.2) is 12.7 Å². The summed E-state index contributed by atoms with van der Waals surface area (Å²) in [7, 11) is 0.105. The van der Waals surface area contributed by atoms with Gasteiger partial charge in [-0.2, -0.15) is 0 Å². The van der Waals surface area contributed by atoms with Gasteiger partial charge >= 0.3 is 0 Å². The molecule has 88 valence electrons. The van der Waals surface area contributed by atoms with Crippen molar-refractivity contribution >= 4 is 10.0 Å². The number of fused-ring (bicyclic) bond motifs is 1. The van der Waals surface area contributed by atoms with E-state index in [-0.39, 0.29) is 5.25 Å². The Hall–Kier alpha value is -0.870. The molecule has 1 unspecified atom stereocenters. The lowest BCUT2D eigenvalue weighted by molar-refractivity contribution is 0.492. The average molecular weight is 239 g/mol. The average Bonchev–Trinajstić information content (AvgIpc) is 2.28. The van der Waals surface area contributed by atoms with Crippen LogP contribution in [0.5, 0.6) is 0 Å². The molecule has 1 aromatic carbocycles. The molecule has 0 bridgehead atoms. The van der Waals surface area contributed by atoms with Gasteiger partial charge < -0.3 is 0 Å². The smallest absolute Gasteiger partial charge is 0.212 e. The van der Waals surface area contributed by atoms with Crippen molar-refractivity contribution in [1.29, 1.82) is 0 Å². The molecule has 0 saturated carbocycles. The molecule has 0 amide bonds. The van der Waals surface area contributed by atoms with E-state index in [0.717, 1.165) is 12.8 Å². The second-order valence-corrected chi connectivity index (χ2v) is 6.89. The summed E-state index contributed by atoms with van der Waals surface area (Å²) in [6.45, 7) is 0. The van der Waals surface area contributed by atoms with Gasteiger partial charge in [0.2, 0.25) is 10.0 Å². The van der Waals surface area contributed by atoms with E-state index in [2.05, 4.69) is 6.07 Å². The maximum absolute atomic E-state index is 12.0. The highest BCUT2D eigenvalue weighted by Gasteiger charge is 2.30. The van der Waals surface area contributed by atoms with E-state index in [1.807, 2.05) is 18.2 Å². The fourth-order valence-electron chi connectivity index (χ4n) is 2.22. The van der Waals surface area contributed by atoms with Crippen molar-refractivity contribution < 1.29 is 8.42 Å². The molecule has 0 heterocycles. The van der Waals surface area contributed by atoms with Gasteiger partial charge in [0, 0.05) is 14.1 Å². The molecule has 0 N–H and O–H groups in total. The van der Waals surface area contributed by atoms with Crippen molar-refractivity contribution in [2.24, 2.45) is 0 Å². The normalized spacial score (nSPS) is 20.8. The van der Waals surface area contributed by atoms with E-state index in [4.69, 9.17) is 0 Å². The van der Waals surface area contributed by atoms with Crippen LogP contribution in [0.25, 0.3) is 0 Å². The van der Waals surface area contributed by atoms with Crippen LogP contribution in [0.3, 0.4) is 0 Å². The molecular formula is C12H17NO2S. The van der Waals surface area contributed by atoms with Crippen LogP contribution in [-0.2, 0) is 22.9 Å². The Labute approximate surface area is 97.1 Å². The quantitative estimate of drug-likeness (QED) is 0.783. The monoisotopic (exact) mass is 239 g/mol. The fourth-order valence-corrected chi connectivity index (χ4v) is 3.62. The molecule has 1 atom stereocenters. The predicted molar refractivity (Wildman–Crippen MR) is 64.9 cm³/mol. The molecule has 0 saturated heterocycles. The SMILES string of the molecule is CN(C)S(=O)(=O)C1CCc2ccccc2C1. The molecule has 1 aromatic rings. The Kier molecular flexibility index (Phi) is 3.04. The zero-order valence-electron chi connectivity index (χ0n) is 9.68.